The third kappa shape index (κ3) is 4.59. The number of thioether (sulfide) groups is 1. The van der Waals surface area contributed by atoms with Gasteiger partial charge in [-0.15, -0.1) is 0 Å². The molecule has 2 N–H and O–H groups in total. The van der Waals surface area contributed by atoms with Crippen LogP contribution in [0.15, 0.2) is 30.9 Å². The molecule has 8 heteroatoms. The van der Waals surface area contributed by atoms with E-state index < -0.39 is 0 Å². The number of carbonyl (C=O) groups excluding carboxylic acids is 2. The molecule has 1 aromatic rings. The lowest BCUT2D eigenvalue weighted by Crippen LogP contribution is -2.51. The van der Waals surface area contributed by atoms with E-state index in [0.717, 1.165) is 22.6 Å². The molecule has 2 aliphatic rings. The highest BCUT2D eigenvalue weighted by molar-refractivity contribution is 8.00. The fraction of sp³-hybridized carbons (Fsp3) is 0.368. The van der Waals surface area contributed by atoms with Crippen LogP contribution >= 0.6 is 23.4 Å². The van der Waals surface area contributed by atoms with Gasteiger partial charge >= 0.3 is 0 Å². The summed E-state index contributed by atoms with van der Waals surface area (Å²) < 4.78 is 0. The number of aromatic hydroxyl groups is 1. The summed E-state index contributed by atoms with van der Waals surface area (Å²) in [6.07, 6.45) is 3.42. The van der Waals surface area contributed by atoms with Crippen molar-refractivity contribution in [2.75, 3.05) is 49.5 Å². The Bertz CT molecular complexity index is 789. The zero-order chi connectivity index (χ0) is 19.4. The Kier molecular flexibility index (Phi) is 6.34. The number of benzene rings is 1. The van der Waals surface area contributed by atoms with E-state index in [2.05, 4.69) is 18.0 Å². The molecule has 2 amide bonds. The topological polar surface area (TPSA) is 72.9 Å². The van der Waals surface area contributed by atoms with E-state index in [-0.39, 0.29) is 24.1 Å². The van der Waals surface area contributed by atoms with Crippen molar-refractivity contribution < 1.29 is 14.7 Å². The maximum atomic E-state index is 12.5. The first kappa shape index (κ1) is 19.6. The third-order valence-corrected chi connectivity index (χ3v) is 5.92. The average Bonchev–Trinajstić information content (AvgIpc) is 3.21. The minimum Gasteiger partial charge on any atom is -0.506 e. The van der Waals surface area contributed by atoms with Gasteiger partial charge in [-0.05, 0) is 23.3 Å². The van der Waals surface area contributed by atoms with Gasteiger partial charge in [0.1, 0.15) is 5.75 Å². The number of amides is 2. The molecule has 2 heterocycles. The first-order valence-corrected chi connectivity index (χ1v) is 10.3. The van der Waals surface area contributed by atoms with Crippen LogP contribution in [0.1, 0.15) is 5.56 Å². The van der Waals surface area contributed by atoms with E-state index in [9.17, 15) is 14.7 Å². The minimum atomic E-state index is -0.113. The molecule has 144 valence electrons. The number of piperazine rings is 1. The van der Waals surface area contributed by atoms with Crippen LogP contribution in [0, 0.1) is 0 Å². The monoisotopic (exact) mass is 407 g/mol. The number of rotatable bonds is 5. The molecule has 1 fully saturated rings. The number of hydrogen-bond acceptors (Lipinski definition) is 5. The number of nitrogens with one attached hydrogen (secondary N) is 1. The van der Waals surface area contributed by atoms with Gasteiger partial charge in [0, 0.05) is 43.8 Å². The van der Waals surface area contributed by atoms with Crippen LogP contribution in [0.3, 0.4) is 0 Å². The van der Waals surface area contributed by atoms with E-state index in [1.165, 1.54) is 12.1 Å². The van der Waals surface area contributed by atoms with Crippen molar-refractivity contribution >= 4 is 46.4 Å². The van der Waals surface area contributed by atoms with Crippen LogP contribution in [0.25, 0.3) is 5.57 Å². The van der Waals surface area contributed by atoms with Gasteiger partial charge in [0.15, 0.2) is 0 Å². The average molecular weight is 408 g/mol. The van der Waals surface area contributed by atoms with Gasteiger partial charge in [0.2, 0.25) is 11.8 Å². The van der Waals surface area contributed by atoms with Gasteiger partial charge in [0.25, 0.3) is 0 Å². The molecule has 0 spiro atoms. The van der Waals surface area contributed by atoms with E-state index in [4.69, 9.17) is 11.6 Å². The van der Waals surface area contributed by atoms with Crippen LogP contribution in [0.2, 0.25) is 5.02 Å². The zero-order valence-corrected chi connectivity index (χ0v) is 16.5. The van der Waals surface area contributed by atoms with Gasteiger partial charge in [-0.25, -0.2) is 0 Å². The molecule has 2 aliphatic heterocycles. The predicted molar refractivity (Wildman–Crippen MR) is 110 cm³/mol. The van der Waals surface area contributed by atoms with E-state index in [1.54, 1.807) is 15.9 Å². The highest BCUT2D eigenvalue weighted by Crippen LogP contribution is 2.37. The number of nitrogens with zero attached hydrogens (tertiary/aromatic N) is 2. The van der Waals surface area contributed by atoms with E-state index in [1.807, 2.05) is 11.8 Å². The van der Waals surface area contributed by atoms with Crippen molar-refractivity contribution in [2.24, 2.45) is 0 Å². The fourth-order valence-electron chi connectivity index (χ4n) is 3.11. The fourth-order valence-corrected chi connectivity index (χ4v) is 4.32. The molecule has 3 rings (SSSR count). The van der Waals surface area contributed by atoms with Gasteiger partial charge in [-0.1, -0.05) is 24.3 Å². The Labute approximate surface area is 167 Å². The maximum Gasteiger partial charge on any atom is 0.246 e. The van der Waals surface area contributed by atoms with Crippen LogP contribution in [0.4, 0.5) is 5.69 Å². The molecule has 27 heavy (non-hydrogen) atoms. The molecular weight excluding hydrogens is 386 g/mol. The van der Waals surface area contributed by atoms with Crippen LogP contribution in [-0.2, 0) is 9.59 Å². The SMILES string of the molecule is C=CC(=O)N1CCN(C(=O)CNc2cc(C3=CCSC3)c(Cl)cc2O)CC1. The molecular formula is C19H22ClN3O3S. The smallest absolute Gasteiger partial charge is 0.246 e. The standard InChI is InChI=1S/C19H22ClN3O3S/c1-2-18(25)22-4-6-23(7-5-22)19(26)11-21-16-9-14(13-3-8-27-12-13)15(20)10-17(16)24/h2-3,9-10,21,24H,1,4-8,11-12H2. The number of phenols is 1. The van der Waals surface area contributed by atoms with Crippen molar-refractivity contribution in [3.63, 3.8) is 0 Å². The van der Waals surface area contributed by atoms with Gasteiger partial charge in [-0.3, -0.25) is 9.59 Å². The molecule has 0 saturated carbocycles. The number of phenolic OH excluding ortho intramolecular Hbond substituents is 1. The minimum absolute atomic E-state index is 0.0178. The lowest BCUT2D eigenvalue weighted by molar-refractivity contribution is -0.135. The van der Waals surface area contributed by atoms with Crippen LogP contribution in [-0.4, -0.2) is 71.0 Å². The molecule has 0 radical (unpaired) electrons. The summed E-state index contributed by atoms with van der Waals surface area (Å²) in [6.45, 7) is 5.52. The molecule has 0 unspecified atom stereocenters. The summed E-state index contributed by atoms with van der Waals surface area (Å²) in [7, 11) is 0. The number of halogens is 1. The first-order valence-electron chi connectivity index (χ1n) is 8.72. The largest absolute Gasteiger partial charge is 0.506 e. The molecule has 0 aromatic heterocycles. The number of hydrogen-bond donors (Lipinski definition) is 2. The lowest BCUT2D eigenvalue weighted by atomic mass is 10.1. The predicted octanol–water partition coefficient (Wildman–Crippen LogP) is 2.44. The number of anilines is 1. The Morgan fingerprint density at radius 1 is 1.26 bits per heavy atom. The highest BCUT2D eigenvalue weighted by atomic mass is 35.5. The van der Waals surface area contributed by atoms with Gasteiger partial charge < -0.3 is 20.2 Å². The van der Waals surface area contributed by atoms with Crippen molar-refractivity contribution in [1.82, 2.24) is 9.80 Å². The summed E-state index contributed by atoms with van der Waals surface area (Å²) >= 11 is 8.07. The summed E-state index contributed by atoms with van der Waals surface area (Å²) in [5, 5.41) is 13.7. The lowest BCUT2D eigenvalue weighted by Gasteiger charge is -2.34. The number of carbonyl (C=O) groups is 2. The van der Waals surface area contributed by atoms with E-state index in [0.29, 0.717) is 36.9 Å². The van der Waals surface area contributed by atoms with Crippen molar-refractivity contribution in [3.05, 3.63) is 41.4 Å². The summed E-state index contributed by atoms with van der Waals surface area (Å²) in [6, 6.07) is 3.30. The summed E-state index contributed by atoms with van der Waals surface area (Å²) in [5.41, 5.74) is 2.51. The van der Waals surface area contributed by atoms with Crippen LogP contribution in [0.5, 0.6) is 5.75 Å². The maximum absolute atomic E-state index is 12.5. The van der Waals surface area contributed by atoms with Crippen molar-refractivity contribution in [3.8, 4) is 5.75 Å². The van der Waals surface area contributed by atoms with Crippen molar-refractivity contribution in [2.45, 2.75) is 0 Å². The summed E-state index contributed by atoms with van der Waals surface area (Å²) in [5.74, 6) is 1.67. The molecule has 0 atom stereocenters. The Hall–Kier alpha value is -2.12. The van der Waals surface area contributed by atoms with Gasteiger partial charge in [-0.2, -0.15) is 11.8 Å². The first-order chi connectivity index (χ1) is 13.0. The zero-order valence-electron chi connectivity index (χ0n) is 14.9. The van der Waals surface area contributed by atoms with E-state index >= 15 is 0 Å². The molecule has 1 saturated heterocycles. The van der Waals surface area contributed by atoms with Crippen LogP contribution < -0.4 is 5.32 Å². The molecule has 6 nitrogen and oxygen atoms in total. The second-order valence-electron chi connectivity index (χ2n) is 6.36. The molecule has 0 aliphatic carbocycles. The van der Waals surface area contributed by atoms with Crippen molar-refractivity contribution in [1.29, 1.82) is 0 Å². The molecule has 0 bridgehead atoms. The Balaban J connectivity index is 1.60. The Morgan fingerprint density at radius 2 is 1.96 bits per heavy atom. The Morgan fingerprint density at radius 3 is 2.59 bits per heavy atom. The quantitative estimate of drug-likeness (QED) is 0.579. The second-order valence-corrected chi connectivity index (χ2v) is 7.79. The summed E-state index contributed by atoms with van der Waals surface area (Å²) in [4.78, 5) is 27.4. The van der Waals surface area contributed by atoms with Gasteiger partial charge in [0.05, 0.1) is 17.3 Å². The highest BCUT2D eigenvalue weighted by Gasteiger charge is 2.23. The third-order valence-electron chi connectivity index (χ3n) is 4.69. The normalized spacial score (nSPS) is 16.9. The second kappa shape index (κ2) is 8.71. The molecule has 1 aromatic carbocycles.